The summed E-state index contributed by atoms with van der Waals surface area (Å²) in [4.78, 5) is 24.3. The van der Waals surface area contributed by atoms with Gasteiger partial charge in [-0.05, 0) is 26.0 Å². The minimum Gasteiger partial charge on any atom is -0.480 e. The standard InChI is InChI=1S/C14H20N2O4/c1-14(2,13(19)20-3)9-16(8-12(17)18)11-7-5-4-6-10(11)15/h4-7H,8-9,15H2,1-3H3,(H,17,18). The van der Waals surface area contributed by atoms with E-state index < -0.39 is 17.4 Å². The van der Waals surface area contributed by atoms with Gasteiger partial charge in [0.25, 0.3) is 0 Å². The molecule has 6 heteroatoms. The van der Waals surface area contributed by atoms with Crippen LogP contribution in [0.25, 0.3) is 0 Å². The zero-order valence-corrected chi connectivity index (χ0v) is 11.9. The highest BCUT2D eigenvalue weighted by molar-refractivity contribution is 5.80. The molecule has 0 atom stereocenters. The molecule has 0 unspecified atom stereocenters. The first-order valence-corrected chi connectivity index (χ1v) is 6.17. The van der Waals surface area contributed by atoms with Crippen LogP contribution in [0.5, 0.6) is 0 Å². The second-order valence-corrected chi connectivity index (χ2v) is 5.18. The maximum Gasteiger partial charge on any atom is 0.323 e. The van der Waals surface area contributed by atoms with Crippen molar-refractivity contribution in [2.75, 3.05) is 30.8 Å². The van der Waals surface area contributed by atoms with E-state index in [2.05, 4.69) is 0 Å². The molecule has 3 N–H and O–H groups in total. The number of anilines is 2. The maximum absolute atomic E-state index is 11.7. The van der Waals surface area contributed by atoms with Crippen LogP contribution < -0.4 is 10.6 Å². The molecule has 1 rings (SSSR count). The van der Waals surface area contributed by atoms with Crippen molar-refractivity contribution in [3.8, 4) is 0 Å². The molecular formula is C14H20N2O4. The van der Waals surface area contributed by atoms with Crippen LogP contribution in [0.15, 0.2) is 24.3 Å². The zero-order valence-electron chi connectivity index (χ0n) is 11.9. The van der Waals surface area contributed by atoms with E-state index in [9.17, 15) is 9.59 Å². The van der Waals surface area contributed by atoms with E-state index >= 15 is 0 Å². The molecule has 1 aromatic carbocycles. The van der Waals surface area contributed by atoms with Gasteiger partial charge < -0.3 is 20.5 Å². The number of carbonyl (C=O) groups excluding carboxylic acids is 1. The van der Waals surface area contributed by atoms with Crippen LogP contribution in [0.2, 0.25) is 0 Å². The Morgan fingerprint density at radius 1 is 1.35 bits per heavy atom. The van der Waals surface area contributed by atoms with E-state index in [1.54, 1.807) is 43.0 Å². The van der Waals surface area contributed by atoms with Gasteiger partial charge >= 0.3 is 11.9 Å². The molecule has 6 nitrogen and oxygen atoms in total. The number of carbonyl (C=O) groups is 2. The smallest absolute Gasteiger partial charge is 0.323 e. The number of nitrogen functional groups attached to an aromatic ring is 1. The summed E-state index contributed by atoms with van der Waals surface area (Å²) in [6.07, 6.45) is 0. The Balaban J connectivity index is 3.05. The predicted molar refractivity (Wildman–Crippen MR) is 76.5 cm³/mol. The summed E-state index contributed by atoms with van der Waals surface area (Å²) in [5.74, 6) is -1.39. The maximum atomic E-state index is 11.7. The molecule has 0 radical (unpaired) electrons. The second-order valence-electron chi connectivity index (χ2n) is 5.18. The van der Waals surface area contributed by atoms with Gasteiger partial charge in [-0.15, -0.1) is 0 Å². The highest BCUT2D eigenvalue weighted by atomic mass is 16.5. The van der Waals surface area contributed by atoms with Gasteiger partial charge in [-0.25, -0.2) is 0 Å². The lowest BCUT2D eigenvalue weighted by Crippen LogP contribution is -2.42. The fourth-order valence-corrected chi connectivity index (χ4v) is 1.98. The van der Waals surface area contributed by atoms with Crippen molar-refractivity contribution in [3.63, 3.8) is 0 Å². The largest absolute Gasteiger partial charge is 0.480 e. The fourth-order valence-electron chi connectivity index (χ4n) is 1.98. The van der Waals surface area contributed by atoms with Crippen molar-refractivity contribution in [3.05, 3.63) is 24.3 Å². The summed E-state index contributed by atoms with van der Waals surface area (Å²) in [5, 5.41) is 9.03. The molecule has 0 aliphatic rings. The van der Waals surface area contributed by atoms with Crippen molar-refractivity contribution >= 4 is 23.3 Å². The Bertz CT molecular complexity index is 500. The third kappa shape index (κ3) is 3.88. The van der Waals surface area contributed by atoms with E-state index in [-0.39, 0.29) is 13.1 Å². The molecule has 0 amide bonds. The van der Waals surface area contributed by atoms with Crippen molar-refractivity contribution in [2.24, 2.45) is 5.41 Å². The van der Waals surface area contributed by atoms with Gasteiger partial charge in [0, 0.05) is 6.54 Å². The average Bonchev–Trinajstić information content (AvgIpc) is 2.36. The lowest BCUT2D eigenvalue weighted by atomic mass is 9.92. The van der Waals surface area contributed by atoms with Crippen molar-refractivity contribution in [2.45, 2.75) is 13.8 Å². The number of nitrogens with two attached hydrogens (primary N) is 1. The van der Waals surface area contributed by atoms with Gasteiger partial charge in [0.1, 0.15) is 6.54 Å². The molecule has 0 heterocycles. The number of ether oxygens (including phenoxy) is 1. The Hall–Kier alpha value is -2.24. The molecule has 110 valence electrons. The predicted octanol–water partition coefficient (Wildman–Crippen LogP) is 1.36. The van der Waals surface area contributed by atoms with Crippen LogP contribution in [0, 0.1) is 5.41 Å². The van der Waals surface area contributed by atoms with E-state index in [1.807, 2.05) is 0 Å². The number of methoxy groups -OCH3 is 1. The van der Waals surface area contributed by atoms with Gasteiger partial charge in [0.15, 0.2) is 0 Å². The Morgan fingerprint density at radius 3 is 2.45 bits per heavy atom. The molecule has 20 heavy (non-hydrogen) atoms. The van der Waals surface area contributed by atoms with E-state index in [0.717, 1.165) is 0 Å². The Kier molecular flexibility index (Phi) is 4.96. The number of carboxylic acids is 1. The van der Waals surface area contributed by atoms with Crippen molar-refractivity contribution in [1.82, 2.24) is 0 Å². The van der Waals surface area contributed by atoms with Gasteiger partial charge in [-0.2, -0.15) is 0 Å². The summed E-state index contributed by atoms with van der Waals surface area (Å²) in [6.45, 7) is 3.36. The van der Waals surface area contributed by atoms with Crippen LogP contribution in [0.4, 0.5) is 11.4 Å². The highest BCUT2D eigenvalue weighted by Crippen LogP contribution is 2.27. The van der Waals surface area contributed by atoms with Gasteiger partial charge in [0.2, 0.25) is 0 Å². The third-order valence-electron chi connectivity index (χ3n) is 2.93. The van der Waals surface area contributed by atoms with Crippen molar-refractivity contribution < 1.29 is 19.4 Å². The van der Waals surface area contributed by atoms with Crippen molar-refractivity contribution in [1.29, 1.82) is 0 Å². The zero-order chi connectivity index (χ0) is 15.3. The molecule has 0 spiro atoms. The first-order valence-electron chi connectivity index (χ1n) is 6.17. The number of hydrogen-bond donors (Lipinski definition) is 2. The van der Waals surface area contributed by atoms with Crippen LogP contribution in [-0.4, -0.2) is 37.2 Å². The summed E-state index contributed by atoms with van der Waals surface area (Å²) >= 11 is 0. The van der Waals surface area contributed by atoms with E-state index in [1.165, 1.54) is 7.11 Å². The summed E-state index contributed by atoms with van der Waals surface area (Å²) < 4.78 is 4.74. The lowest BCUT2D eigenvalue weighted by molar-refractivity contribution is -0.150. The fraction of sp³-hybridized carbons (Fsp3) is 0.429. The molecule has 0 aliphatic heterocycles. The van der Waals surface area contributed by atoms with Gasteiger partial charge in [-0.1, -0.05) is 12.1 Å². The topological polar surface area (TPSA) is 92.9 Å². The van der Waals surface area contributed by atoms with Crippen LogP contribution >= 0.6 is 0 Å². The second kappa shape index (κ2) is 6.27. The lowest BCUT2D eigenvalue weighted by Gasteiger charge is -2.31. The summed E-state index contributed by atoms with van der Waals surface area (Å²) in [7, 11) is 1.31. The highest BCUT2D eigenvalue weighted by Gasteiger charge is 2.32. The van der Waals surface area contributed by atoms with Crippen LogP contribution in [-0.2, 0) is 14.3 Å². The normalized spacial score (nSPS) is 10.9. The first kappa shape index (κ1) is 15.8. The number of rotatable bonds is 6. The molecule has 0 aromatic heterocycles. The third-order valence-corrected chi connectivity index (χ3v) is 2.93. The molecule has 1 aromatic rings. The number of hydrogen-bond acceptors (Lipinski definition) is 5. The quantitative estimate of drug-likeness (QED) is 0.603. The number of benzene rings is 1. The molecule has 0 saturated carbocycles. The minimum absolute atomic E-state index is 0.195. The number of para-hydroxylation sites is 2. The van der Waals surface area contributed by atoms with Gasteiger partial charge in [0.05, 0.1) is 23.9 Å². The Morgan fingerprint density at radius 2 is 1.95 bits per heavy atom. The molecular weight excluding hydrogens is 260 g/mol. The number of carboxylic acid groups (broad SMARTS) is 1. The molecule has 0 bridgehead atoms. The summed E-state index contributed by atoms with van der Waals surface area (Å²) in [6, 6.07) is 6.95. The SMILES string of the molecule is COC(=O)C(C)(C)CN(CC(=O)O)c1ccccc1N. The van der Waals surface area contributed by atoms with E-state index in [0.29, 0.717) is 11.4 Å². The number of nitrogens with zero attached hydrogens (tertiary/aromatic N) is 1. The molecule has 0 aliphatic carbocycles. The number of aliphatic carboxylic acids is 1. The monoisotopic (exact) mass is 280 g/mol. The van der Waals surface area contributed by atoms with E-state index in [4.69, 9.17) is 15.6 Å². The van der Waals surface area contributed by atoms with Crippen LogP contribution in [0.1, 0.15) is 13.8 Å². The Labute approximate surface area is 118 Å². The summed E-state index contributed by atoms with van der Waals surface area (Å²) in [5.41, 5.74) is 6.09. The van der Waals surface area contributed by atoms with Crippen LogP contribution in [0.3, 0.4) is 0 Å². The average molecular weight is 280 g/mol. The number of esters is 1. The first-order chi connectivity index (χ1) is 9.27. The van der Waals surface area contributed by atoms with Gasteiger partial charge in [-0.3, -0.25) is 9.59 Å². The minimum atomic E-state index is -0.992. The molecule has 0 fully saturated rings. The molecule has 0 saturated heterocycles.